The monoisotopic (exact) mass is 488 g/mol. The average molecular weight is 489 g/mol. The highest BCUT2D eigenvalue weighted by atomic mass is 32.2. The summed E-state index contributed by atoms with van der Waals surface area (Å²) in [5.41, 5.74) is 3.90. The number of carbonyl (C=O) groups excluding carboxylic acids is 2. The number of pyridine rings is 1. The van der Waals surface area contributed by atoms with Crippen LogP contribution in [-0.2, 0) is 11.3 Å². The fourth-order valence-corrected chi connectivity index (χ4v) is 5.47. The zero-order valence-corrected chi connectivity index (χ0v) is 20.3. The molecule has 3 heterocycles. The molecule has 2 aromatic heterocycles. The quantitative estimate of drug-likeness (QED) is 0.452. The molecule has 1 saturated heterocycles. The Labute approximate surface area is 208 Å². The Bertz CT molecular complexity index is 1270. The maximum atomic E-state index is 11.8. The van der Waals surface area contributed by atoms with Crippen molar-refractivity contribution in [3.05, 3.63) is 66.1 Å². The number of allylic oxidation sites excluding steroid dienone is 1. The van der Waals surface area contributed by atoms with Crippen LogP contribution >= 0.6 is 11.8 Å². The lowest BCUT2D eigenvalue weighted by molar-refractivity contribution is -0.118. The van der Waals surface area contributed by atoms with Gasteiger partial charge in [-0.15, -0.1) is 0 Å². The van der Waals surface area contributed by atoms with Crippen LogP contribution in [0.2, 0.25) is 0 Å². The van der Waals surface area contributed by atoms with Crippen LogP contribution in [-0.4, -0.2) is 43.4 Å². The van der Waals surface area contributed by atoms with Crippen molar-refractivity contribution in [2.45, 2.75) is 56.5 Å². The number of thioether (sulfide) groups is 1. The normalized spacial score (nSPS) is 22.9. The first-order chi connectivity index (χ1) is 17.0. The van der Waals surface area contributed by atoms with Crippen LogP contribution in [0, 0.1) is 0 Å². The van der Waals surface area contributed by atoms with Gasteiger partial charge in [-0.1, -0.05) is 24.3 Å². The van der Waals surface area contributed by atoms with E-state index in [4.69, 9.17) is 0 Å². The van der Waals surface area contributed by atoms with Crippen LogP contribution in [0.3, 0.4) is 0 Å². The van der Waals surface area contributed by atoms with Crippen molar-refractivity contribution in [1.82, 2.24) is 25.6 Å². The van der Waals surface area contributed by atoms with Crippen molar-refractivity contribution in [1.29, 1.82) is 0 Å². The Hall–Kier alpha value is -3.30. The van der Waals surface area contributed by atoms with E-state index < -0.39 is 5.25 Å². The number of anilines is 1. The fraction of sp³-hybridized carbons (Fsp3) is 0.346. The third-order valence-corrected chi connectivity index (χ3v) is 7.48. The molecule has 5 rings (SSSR count). The minimum Gasteiger partial charge on any atom is -0.351 e. The maximum Gasteiger partial charge on any atom is 0.286 e. The lowest BCUT2D eigenvalue weighted by atomic mass is 9.91. The summed E-state index contributed by atoms with van der Waals surface area (Å²) >= 11 is 0.988. The minimum atomic E-state index is -0.512. The second-order valence-electron chi connectivity index (χ2n) is 8.99. The molecule has 35 heavy (non-hydrogen) atoms. The number of aromatic nitrogens is 3. The molecule has 3 aromatic rings. The van der Waals surface area contributed by atoms with Gasteiger partial charge < -0.3 is 10.6 Å². The fourth-order valence-electron chi connectivity index (χ4n) is 4.64. The first kappa shape index (κ1) is 23.4. The summed E-state index contributed by atoms with van der Waals surface area (Å²) in [5, 5.41) is 9.90. The summed E-state index contributed by atoms with van der Waals surface area (Å²) < 4.78 is 0. The van der Waals surface area contributed by atoms with E-state index in [1.807, 2.05) is 25.3 Å². The van der Waals surface area contributed by atoms with Gasteiger partial charge in [-0.2, -0.15) is 0 Å². The number of imide groups is 1. The highest BCUT2D eigenvalue weighted by Crippen LogP contribution is 2.25. The van der Waals surface area contributed by atoms with Gasteiger partial charge in [0.05, 0.1) is 11.2 Å². The van der Waals surface area contributed by atoms with Crippen molar-refractivity contribution in [3.63, 3.8) is 0 Å². The summed E-state index contributed by atoms with van der Waals surface area (Å²) in [6.45, 7) is 2.73. The predicted molar refractivity (Wildman–Crippen MR) is 139 cm³/mol. The second kappa shape index (κ2) is 10.5. The molecule has 3 N–H and O–H groups in total. The van der Waals surface area contributed by atoms with Gasteiger partial charge in [0.1, 0.15) is 5.25 Å². The van der Waals surface area contributed by atoms with Crippen LogP contribution in [0.5, 0.6) is 0 Å². The summed E-state index contributed by atoms with van der Waals surface area (Å²) in [6, 6.07) is 13.0. The van der Waals surface area contributed by atoms with E-state index >= 15 is 0 Å². The third kappa shape index (κ3) is 5.68. The molecule has 0 spiro atoms. The van der Waals surface area contributed by atoms with E-state index in [-0.39, 0.29) is 11.1 Å². The molecule has 8 nitrogen and oxygen atoms in total. The van der Waals surface area contributed by atoms with Crippen molar-refractivity contribution in [3.8, 4) is 0 Å². The molecular formula is C26H28N6O2S. The first-order valence-electron chi connectivity index (χ1n) is 11.9. The van der Waals surface area contributed by atoms with Crippen molar-refractivity contribution in [2.75, 3.05) is 5.32 Å². The van der Waals surface area contributed by atoms with Crippen LogP contribution in [0.4, 0.5) is 10.7 Å². The van der Waals surface area contributed by atoms with Gasteiger partial charge in [0.25, 0.3) is 5.24 Å². The molecule has 9 heteroatoms. The van der Waals surface area contributed by atoms with Crippen LogP contribution in [0.15, 0.2) is 54.9 Å². The smallest absolute Gasteiger partial charge is 0.286 e. The summed E-state index contributed by atoms with van der Waals surface area (Å²) in [5.74, 6) is 0.309. The summed E-state index contributed by atoms with van der Waals surface area (Å²) in [7, 11) is 0. The van der Waals surface area contributed by atoms with E-state index in [0.29, 0.717) is 18.0 Å². The minimum absolute atomic E-state index is 0.283. The van der Waals surface area contributed by atoms with Gasteiger partial charge in [0.2, 0.25) is 11.9 Å². The molecular weight excluding hydrogens is 460 g/mol. The molecule has 2 aliphatic rings. The Kier molecular flexibility index (Phi) is 7.06. The molecule has 1 saturated carbocycles. The number of amides is 2. The van der Waals surface area contributed by atoms with E-state index in [9.17, 15) is 9.59 Å². The highest BCUT2D eigenvalue weighted by molar-refractivity contribution is 8.15. The number of hydrogen-bond acceptors (Lipinski definition) is 8. The van der Waals surface area contributed by atoms with Crippen LogP contribution in [0.25, 0.3) is 16.5 Å². The Morgan fingerprint density at radius 1 is 1.06 bits per heavy atom. The van der Waals surface area contributed by atoms with Gasteiger partial charge in [-0.3, -0.25) is 19.9 Å². The van der Waals surface area contributed by atoms with Crippen LogP contribution < -0.4 is 16.0 Å². The number of hydrogen-bond donors (Lipinski definition) is 3. The van der Waals surface area contributed by atoms with Gasteiger partial charge in [0.15, 0.2) is 0 Å². The number of nitrogens with zero attached hydrogens (tertiary/aromatic N) is 3. The largest absolute Gasteiger partial charge is 0.351 e. The second-order valence-corrected chi connectivity index (χ2v) is 10.1. The van der Waals surface area contributed by atoms with Crippen molar-refractivity contribution < 1.29 is 9.59 Å². The molecule has 2 amide bonds. The Morgan fingerprint density at radius 3 is 2.69 bits per heavy atom. The molecule has 2 fully saturated rings. The van der Waals surface area contributed by atoms with Gasteiger partial charge in [-0.25, -0.2) is 9.97 Å². The number of fused-ring (bicyclic) bond motifs is 1. The van der Waals surface area contributed by atoms with Gasteiger partial charge in [0, 0.05) is 36.4 Å². The molecule has 1 atom stereocenters. The molecule has 0 bridgehead atoms. The average Bonchev–Trinajstić information content (AvgIpc) is 3.19. The van der Waals surface area contributed by atoms with Crippen molar-refractivity contribution in [2.24, 2.45) is 0 Å². The number of nitrogens with one attached hydrogen (secondary N) is 3. The zero-order valence-electron chi connectivity index (χ0n) is 19.5. The first-order valence-corrected chi connectivity index (χ1v) is 12.8. The topological polar surface area (TPSA) is 109 Å². The number of benzene rings is 1. The molecule has 1 unspecified atom stereocenters. The van der Waals surface area contributed by atoms with E-state index in [2.05, 4.69) is 55.2 Å². The standard InChI is InChI=1S/C26H28N6O2S/c1-16(14-23-24(33)32-26(34)35-23)21-11-13-28-25(31-21)30-19-9-7-18(8-10-19)29-15-17-4-2-6-22-20(17)5-3-12-27-22/h2-6,11-14,18-19,23,29H,7-10,15H2,1H3,(H,28,30,31)(H,32,33,34)/b16-14+/t18-,19-,23?. The van der Waals surface area contributed by atoms with E-state index in [1.54, 1.807) is 12.3 Å². The van der Waals surface area contributed by atoms with E-state index in [0.717, 1.165) is 60.8 Å². The summed E-state index contributed by atoms with van der Waals surface area (Å²) in [4.78, 5) is 36.7. The maximum absolute atomic E-state index is 11.8. The zero-order chi connectivity index (χ0) is 24.2. The van der Waals surface area contributed by atoms with Gasteiger partial charge in [-0.05, 0) is 73.7 Å². The molecule has 180 valence electrons. The predicted octanol–water partition coefficient (Wildman–Crippen LogP) is 4.29. The SMILES string of the molecule is C/C(=C\C1SC(=O)NC1=O)c1ccnc(N[C@H]2CC[C@H](NCc3cccc4ncccc34)CC2)n1. The number of carbonyl (C=O) groups is 2. The molecule has 1 aliphatic carbocycles. The molecule has 1 aromatic carbocycles. The van der Waals surface area contributed by atoms with Crippen molar-refractivity contribution >= 4 is 45.3 Å². The van der Waals surface area contributed by atoms with Gasteiger partial charge >= 0.3 is 0 Å². The Morgan fingerprint density at radius 2 is 1.89 bits per heavy atom. The van der Waals surface area contributed by atoms with Crippen LogP contribution in [0.1, 0.15) is 43.9 Å². The van der Waals surface area contributed by atoms with E-state index in [1.165, 1.54) is 10.9 Å². The number of rotatable bonds is 7. The molecule has 0 radical (unpaired) electrons. The molecule has 1 aliphatic heterocycles. The Balaban J connectivity index is 1.14. The highest BCUT2D eigenvalue weighted by Gasteiger charge is 2.30. The third-order valence-electron chi connectivity index (χ3n) is 6.56. The lowest BCUT2D eigenvalue weighted by Crippen LogP contribution is -2.37. The lowest BCUT2D eigenvalue weighted by Gasteiger charge is -2.30. The summed E-state index contributed by atoms with van der Waals surface area (Å²) in [6.07, 6.45) is 9.58.